The Morgan fingerprint density at radius 1 is 1.00 bits per heavy atom. The highest BCUT2D eigenvalue weighted by Gasteiger charge is 2.20. The van der Waals surface area contributed by atoms with Crippen LogP contribution in [0.15, 0.2) is 35.4 Å². The molecule has 1 heterocycles. The molecule has 0 radical (unpaired) electrons. The number of pyridine rings is 1. The maximum atomic E-state index is 5.95. The highest BCUT2D eigenvalue weighted by molar-refractivity contribution is 8.79. The van der Waals surface area contributed by atoms with Gasteiger partial charge in [0.1, 0.15) is 5.15 Å². The van der Waals surface area contributed by atoms with E-state index in [1.165, 1.54) is 0 Å². The van der Waals surface area contributed by atoms with Crippen molar-refractivity contribution in [3.63, 3.8) is 0 Å². The number of hydrogen-bond acceptors (Lipinski definition) is 1. The molecule has 0 atom stereocenters. The van der Waals surface area contributed by atoms with Gasteiger partial charge >= 0.3 is 0 Å². The minimum atomic E-state index is -2.32. The van der Waals surface area contributed by atoms with Gasteiger partial charge in [-0.05, 0) is 44.2 Å². The Labute approximate surface area is 107 Å². The van der Waals surface area contributed by atoms with Gasteiger partial charge in [0.15, 0.2) is 0 Å². The highest BCUT2D eigenvalue weighted by Crippen LogP contribution is 2.70. The van der Waals surface area contributed by atoms with Gasteiger partial charge < -0.3 is 0 Å². The van der Waals surface area contributed by atoms with Crippen molar-refractivity contribution in [2.24, 2.45) is 0 Å². The predicted molar refractivity (Wildman–Crippen MR) is 70.2 cm³/mol. The molecule has 1 nitrogen and oxygen atoms in total. The molecule has 0 aliphatic carbocycles. The van der Waals surface area contributed by atoms with E-state index in [0.717, 1.165) is 10.8 Å². The average Bonchev–Trinajstić information content (AvgIpc) is 2.16. The van der Waals surface area contributed by atoms with Gasteiger partial charge in [-0.2, -0.15) is 0 Å². The van der Waals surface area contributed by atoms with E-state index in [1.54, 1.807) is 24.4 Å². The Bertz CT molecular complexity index is 509. The number of nitrogens with zero attached hydrogens (tertiary/aromatic N) is 1. The molecule has 0 amide bonds. The maximum absolute atomic E-state index is 5.95. The normalized spacial score (nSPS) is 13.1. The van der Waals surface area contributed by atoms with Gasteiger partial charge in [0.05, 0.1) is 0 Å². The summed E-state index contributed by atoms with van der Waals surface area (Å²) >= 11 is 5.95. The molecule has 0 unspecified atom stereocenters. The molecular formula is C9H5Cl4NS. The van der Waals surface area contributed by atoms with Gasteiger partial charge in [-0.15, -0.1) is 0 Å². The minimum absolute atomic E-state index is 0.419. The number of benzene rings is 1. The molecule has 80 valence electrons. The molecule has 6 heteroatoms. The van der Waals surface area contributed by atoms with Gasteiger partial charge in [-0.25, -0.2) is 4.98 Å². The lowest BCUT2D eigenvalue weighted by Gasteiger charge is -2.17. The van der Waals surface area contributed by atoms with Gasteiger partial charge in [0.25, 0.3) is 0 Å². The quantitative estimate of drug-likeness (QED) is 0.633. The zero-order valence-corrected chi connectivity index (χ0v) is 11.1. The van der Waals surface area contributed by atoms with Crippen LogP contribution in [0.1, 0.15) is 0 Å². The zero-order valence-electron chi connectivity index (χ0n) is 7.25. The van der Waals surface area contributed by atoms with Crippen LogP contribution < -0.4 is 0 Å². The predicted octanol–water partition coefficient (Wildman–Crippen LogP) is 5.51. The second-order valence-corrected chi connectivity index (χ2v) is 10.1. The van der Waals surface area contributed by atoms with Crippen LogP contribution in [-0.4, -0.2) is 4.98 Å². The van der Waals surface area contributed by atoms with Crippen LogP contribution in [-0.2, 0) is 0 Å². The van der Waals surface area contributed by atoms with E-state index in [2.05, 4.69) is 4.98 Å². The first-order valence-electron chi connectivity index (χ1n) is 3.95. The largest absolute Gasteiger partial charge is 0.244 e. The molecule has 0 fully saturated rings. The van der Waals surface area contributed by atoms with Gasteiger partial charge in [-0.3, -0.25) is 0 Å². The van der Waals surface area contributed by atoms with Gasteiger partial charge in [0.2, 0.25) is 0 Å². The van der Waals surface area contributed by atoms with Crippen molar-refractivity contribution in [3.8, 4) is 0 Å². The molecule has 2 rings (SSSR count). The lowest BCUT2D eigenvalue weighted by atomic mass is 10.2. The van der Waals surface area contributed by atoms with Crippen molar-refractivity contribution >= 4 is 62.1 Å². The smallest absolute Gasteiger partial charge is 0.136 e. The summed E-state index contributed by atoms with van der Waals surface area (Å²) in [7, 11) is 15.5. The summed E-state index contributed by atoms with van der Waals surface area (Å²) in [6.45, 7) is 0. The van der Waals surface area contributed by atoms with Crippen molar-refractivity contribution in [1.82, 2.24) is 4.98 Å². The van der Waals surface area contributed by atoms with Gasteiger partial charge in [0, 0.05) is 29.5 Å². The fraction of sp³-hybridized carbons (Fsp3) is 0. The second-order valence-electron chi connectivity index (χ2n) is 2.86. The first-order valence-corrected chi connectivity index (χ1v) is 8.44. The monoisotopic (exact) mass is 299 g/mol. The molecule has 0 N–H and O–H groups in total. The first kappa shape index (κ1) is 11.6. The molecule has 0 saturated heterocycles. The van der Waals surface area contributed by atoms with Crippen molar-refractivity contribution in [3.05, 3.63) is 35.6 Å². The number of rotatable bonds is 1. The minimum Gasteiger partial charge on any atom is -0.244 e. The molecule has 2 aromatic rings. The summed E-state index contributed by atoms with van der Waals surface area (Å²) in [6, 6.07) is 7.25. The van der Waals surface area contributed by atoms with Crippen LogP contribution in [0.4, 0.5) is 0 Å². The third-order valence-electron chi connectivity index (χ3n) is 1.97. The van der Waals surface area contributed by atoms with Gasteiger partial charge in [-0.1, -0.05) is 23.7 Å². The number of halogens is 4. The van der Waals surface area contributed by atoms with Crippen LogP contribution in [0.2, 0.25) is 5.15 Å². The molecule has 0 aliphatic rings. The highest BCUT2D eigenvalue weighted by atomic mass is 36.2. The van der Waals surface area contributed by atoms with Crippen LogP contribution in [0.25, 0.3) is 10.8 Å². The average molecular weight is 301 g/mol. The fourth-order valence-electron chi connectivity index (χ4n) is 1.34. The third-order valence-corrected chi connectivity index (χ3v) is 4.62. The van der Waals surface area contributed by atoms with Crippen LogP contribution in [0.3, 0.4) is 0 Å². The topological polar surface area (TPSA) is 12.9 Å². The molecule has 0 aliphatic heterocycles. The summed E-state index contributed by atoms with van der Waals surface area (Å²) in [5.74, 6) is 0. The number of aromatic nitrogens is 1. The fourth-order valence-corrected chi connectivity index (χ4v) is 3.44. The molecule has 15 heavy (non-hydrogen) atoms. The van der Waals surface area contributed by atoms with Crippen LogP contribution in [0, 0.1) is 0 Å². The van der Waals surface area contributed by atoms with Crippen LogP contribution >= 0.6 is 51.3 Å². The Kier molecular flexibility index (Phi) is 3.25. The molecular weight excluding hydrogens is 296 g/mol. The number of hydrogen-bond donors (Lipinski definition) is 0. The summed E-state index contributed by atoms with van der Waals surface area (Å²) in [6.07, 6.45) is 1.60. The SMILES string of the molecule is Clc1nccc2c(S(Cl)(Cl)Cl)cccc12. The van der Waals surface area contributed by atoms with E-state index in [9.17, 15) is 0 Å². The Hall–Kier alpha value is 0.140. The molecule has 0 spiro atoms. The molecule has 1 aromatic carbocycles. The zero-order chi connectivity index (χ0) is 11.1. The lowest BCUT2D eigenvalue weighted by Crippen LogP contribution is -1.84. The molecule has 0 saturated carbocycles. The van der Waals surface area contributed by atoms with Crippen molar-refractivity contribution in [2.75, 3.05) is 0 Å². The first-order chi connectivity index (χ1) is 7.00. The maximum Gasteiger partial charge on any atom is 0.136 e. The van der Waals surface area contributed by atoms with Crippen molar-refractivity contribution in [1.29, 1.82) is 0 Å². The van der Waals surface area contributed by atoms with Crippen molar-refractivity contribution in [2.45, 2.75) is 4.90 Å². The molecule has 1 aromatic heterocycles. The van der Waals surface area contributed by atoms with E-state index >= 15 is 0 Å². The summed E-state index contributed by atoms with van der Waals surface area (Å²) in [4.78, 5) is 4.67. The third kappa shape index (κ3) is 2.29. The lowest BCUT2D eigenvalue weighted by molar-refractivity contribution is 1.35. The van der Waals surface area contributed by atoms with E-state index in [4.69, 9.17) is 43.6 Å². The summed E-state index contributed by atoms with van der Waals surface area (Å²) in [5, 5.41) is 2.06. The van der Waals surface area contributed by atoms with Crippen molar-refractivity contribution < 1.29 is 0 Å². The Morgan fingerprint density at radius 2 is 1.73 bits per heavy atom. The summed E-state index contributed by atoms with van der Waals surface area (Å²) in [5.41, 5.74) is 0. The Balaban J connectivity index is 2.83. The molecule has 0 bridgehead atoms. The van der Waals surface area contributed by atoms with E-state index in [1.807, 2.05) is 6.07 Å². The van der Waals surface area contributed by atoms with E-state index < -0.39 is 7.67 Å². The number of fused-ring (bicyclic) bond motifs is 1. The second kappa shape index (κ2) is 4.19. The van der Waals surface area contributed by atoms with E-state index in [0.29, 0.717) is 10.0 Å². The standard InChI is InChI=1S/C9H5Cl4NS/c10-9-7-2-1-3-8(15(11,12)13)6(7)4-5-14-9/h1-5H. The van der Waals surface area contributed by atoms with Crippen LogP contribution in [0.5, 0.6) is 0 Å². The summed E-state index contributed by atoms with van der Waals surface area (Å²) < 4.78 is 0. The Morgan fingerprint density at radius 3 is 2.40 bits per heavy atom. The van der Waals surface area contributed by atoms with E-state index in [-0.39, 0.29) is 0 Å².